The molecular formula is C18H16N2O6S. The molecule has 1 aromatic heterocycles. The highest BCUT2D eigenvalue weighted by atomic mass is 32.2. The highest BCUT2D eigenvalue weighted by Crippen LogP contribution is 2.35. The first kappa shape index (κ1) is 18.7. The van der Waals surface area contributed by atoms with E-state index in [1.165, 1.54) is 20.1 Å². The lowest BCUT2D eigenvalue weighted by molar-refractivity contribution is -0.148. The number of carboxylic acid groups (broad SMARTS) is 1. The second-order valence-electron chi connectivity index (χ2n) is 5.87. The normalized spacial score (nSPS) is 17.0. The van der Waals surface area contributed by atoms with Gasteiger partial charge in [0.25, 0.3) is 11.1 Å². The van der Waals surface area contributed by atoms with Gasteiger partial charge < -0.3 is 14.4 Å². The molecule has 1 N–H and O–H groups in total. The molecule has 1 unspecified atom stereocenters. The van der Waals surface area contributed by atoms with Gasteiger partial charge in [0.05, 0.1) is 12.0 Å². The Balaban J connectivity index is 2.00. The van der Waals surface area contributed by atoms with E-state index in [1.807, 2.05) is 0 Å². The van der Waals surface area contributed by atoms with Crippen molar-refractivity contribution >= 4 is 51.8 Å². The van der Waals surface area contributed by atoms with Gasteiger partial charge in [-0.15, -0.1) is 0 Å². The molecular weight excluding hydrogens is 372 g/mol. The summed E-state index contributed by atoms with van der Waals surface area (Å²) >= 11 is 0.730. The fraction of sp³-hybridized carbons (Fsp3) is 0.222. The number of carbonyl (C=O) groups is 4. The van der Waals surface area contributed by atoms with Crippen LogP contribution in [0.25, 0.3) is 17.0 Å². The molecule has 3 rings (SSSR count). The number of nitrogens with zero attached hydrogens (tertiary/aromatic N) is 2. The smallest absolute Gasteiger partial charge is 0.328 e. The van der Waals surface area contributed by atoms with Crippen molar-refractivity contribution in [2.75, 3.05) is 7.11 Å². The van der Waals surface area contributed by atoms with Crippen molar-refractivity contribution in [3.63, 3.8) is 0 Å². The molecule has 140 valence electrons. The number of amides is 2. The van der Waals surface area contributed by atoms with Gasteiger partial charge in [-0.1, -0.05) is 18.2 Å². The number of rotatable bonds is 5. The molecule has 0 bridgehead atoms. The predicted molar refractivity (Wildman–Crippen MR) is 98.9 cm³/mol. The lowest BCUT2D eigenvalue weighted by Crippen LogP contribution is -2.42. The monoisotopic (exact) mass is 388 g/mol. The molecule has 2 amide bonds. The molecule has 2 aromatic rings. The van der Waals surface area contributed by atoms with Crippen molar-refractivity contribution in [2.24, 2.45) is 0 Å². The number of carboxylic acids is 1. The van der Waals surface area contributed by atoms with Crippen molar-refractivity contribution in [1.82, 2.24) is 9.47 Å². The van der Waals surface area contributed by atoms with Crippen molar-refractivity contribution < 1.29 is 29.0 Å². The van der Waals surface area contributed by atoms with Gasteiger partial charge in [-0.25, -0.2) is 4.79 Å². The highest BCUT2D eigenvalue weighted by Gasteiger charge is 2.41. The van der Waals surface area contributed by atoms with Gasteiger partial charge in [-0.05, 0) is 30.8 Å². The third-order valence-electron chi connectivity index (χ3n) is 4.16. The Hall–Kier alpha value is -3.07. The van der Waals surface area contributed by atoms with E-state index in [0.29, 0.717) is 11.1 Å². The summed E-state index contributed by atoms with van der Waals surface area (Å²) < 4.78 is 6.16. The maximum atomic E-state index is 12.6. The predicted octanol–water partition coefficient (Wildman–Crippen LogP) is 2.32. The number of hydrogen-bond donors (Lipinski definition) is 1. The van der Waals surface area contributed by atoms with Gasteiger partial charge in [0.1, 0.15) is 12.6 Å². The van der Waals surface area contributed by atoms with Crippen LogP contribution in [0, 0.1) is 0 Å². The van der Waals surface area contributed by atoms with Crippen LogP contribution in [0.3, 0.4) is 0 Å². The second-order valence-corrected chi connectivity index (χ2v) is 6.87. The standard InChI is InChI=1S/C18H16N2O6S/c1-10(17(24)26-2)20-16(23)14(27-18(20)25)7-11-8-19(9-15(21)22)13-6-4-3-5-12(11)13/h3-8,10H,9H2,1-2H3,(H,21,22). The number of para-hydroxylation sites is 1. The molecule has 9 heteroatoms. The van der Waals surface area contributed by atoms with Gasteiger partial charge in [-0.2, -0.15) is 0 Å². The molecule has 1 fully saturated rings. The minimum Gasteiger partial charge on any atom is -0.480 e. The van der Waals surface area contributed by atoms with Gasteiger partial charge in [0.15, 0.2) is 0 Å². The van der Waals surface area contributed by atoms with Crippen molar-refractivity contribution in [3.05, 3.63) is 40.9 Å². The molecule has 8 nitrogen and oxygen atoms in total. The first-order chi connectivity index (χ1) is 12.8. The molecule has 0 saturated carbocycles. The molecule has 0 aliphatic carbocycles. The van der Waals surface area contributed by atoms with Gasteiger partial charge in [0, 0.05) is 22.7 Å². The van der Waals surface area contributed by atoms with Crippen LogP contribution in [-0.2, 0) is 25.7 Å². The fourth-order valence-electron chi connectivity index (χ4n) is 2.90. The Morgan fingerprint density at radius 1 is 1.30 bits per heavy atom. The van der Waals surface area contributed by atoms with E-state index in [0.717, 1.165) is 22.0 Å². The lowest BCUT2D eigenvalue weighted by atomic mass is 10.1. The molecule has 1 aliphatic heterocycles. The second kappa shape index (κ2) is 7.28. The van der Waals surface area contributed by atoms with Gasteiger partial charge >= 0.3 is 11.9 Å². The topological polar surface area (TPSA) is 106 Å². The Labute approximate surface area is 158 Å². The average molecular weight is 388 g/mol. The molecule has 1 aromatic carbocycles. The zero-order valence-corrected chi connectivity index (χ0v) is 15.4. The van der Waals surface area contributed by atoms with Crippen LogP contribution < -0.4 is 0 Å². The Morgan fingerprint density at radius 3 is 2.67 bits per heavy atom. The summed E-state index contributed by atoms with van der Waals surface area (Å²) in [5, 5.41) is 9.28. The van der Waals surface area contributed by atoms with Crippen molar-refractivity contribution in [2.45, 2.75) is 19.5 Å². The maximum absolute atomic E-state index is 12.6. The highest BCUT2D eigenvalue weighted by molar-refractivity contribution is 8.18. The third-order valence-corrected chi connectivity index (χ3v) is 5.05. The van der Waals surface area contributed by atoms with Crippen LogP contribution >= 0.6 is 11.8 Å². The van der Waals surface area contributed by atoms with Crippen LogP contribution in [0.2, 0.25) is 0 Å². The number of fused-ring (bicyclic) bond motifs is 1. The number of imide groups is 1. The minimum absolute atomic E-state index is 0.161. The number of aromatic nitrogens is 1. The molecule has 0 spiro atoms. The van der Waals surface area contributed by atoms with Crippen LogP contribution in [-0.4, -0.2) is 50.8 Å². The maximum Gasteiger partial charge on any atom is 0.328 e. The largest absolute Gasteiger partial charge is 0.480 e. The summed E-state index contributed by atoms with van der Waals surface area (Å²) in [5.41, 5.74) is 1.32. The molecule has 1 saturated heterocycles. The number of methoxy groups -OCH3 is 1. The van der Waals surface area contributed by atoms with Crippen LogP contribution in [0.4, 0.5) is 4.79 Å². The first-order valence-corrected chi connectivity index (χ1v) is 8.79. The van der Waals surface area contributed by atoms with E-state index in [9.17, 15) is 19.2 Å². The quantitative estimate of drug-likeness (QED) is 0.619. The molecule has 27 heavy (non-hydrogen) atoms. The van der Waals surface area contributed by atoms with E-state index in [-0.39, 0.29) is 11.4 Å². The summed E-state index contributed by atoms with van der Waals surface area (Å²) in [6, 6.07) is 6.15. The zero-order chi connectivity index (χ0) is 19.7. The van der Waals surface area contributed by atoms with E-state index in [4.69, 9.17) is 5.11 Å². The number of esters is 1. The summed E-state index contributed by atoms with van der Waals surface area (Å²) in [4.78, 5) is 48.6. The molecule has 0 radical (unpaired) electrons. The molecule has 1 aliphatic rings. The average Bonchev–Trinajstić information content (AvgIpc) is 3.11. The molecule has 2 heterocycles. The fourth-order valence-corrected chi connectivity index (χ4v) is 3.80. The van der Waals surface area contributed by atoms with Gasteiger partial charge in [-0.3, -0.25) is 19.3 Å². The van der Waals surface area contributed by atoms with Crippen LogP contribution in [0.5, 0.6) is 0 Å². The zero-order valence-electron chi connectivity index (χ0n) is 14.5. The van der Waals surface area contributed by atoms with Crippen LogP contribution in [0.1, 0.15) is 12.5 Å². The van der Waals surface area contributed by atoms with E-state index < -0.39 is 29.1 Å². The van der Waals surface area contributed by atoms with E-state index in [1.54, 1.807) is 35.0 Å². The Kier molecular flexibility index (Phi) is 5.04. The number of thioether (sulfide) groups is 1. The number of ether oxygens (including phenoxy) is 1. The number of aliphatic carboxylic acids is 1. The van der Waals surface area contributed by atoms with E-state index in [2.05, 4.69) is 4.74 Å². The summed E-state index contributed by atoms with van der Waals surface area (Å²) in [6.45, 7) is 1.19. The summed E-state index contributed by atoms with van der Waals surface area (Å²) in [5.74, 6) is -2.26. The summed E-state index contributed by atoms with van der Waals surface area (Å²) in [6.07, 6.45) is 3.16. The Morgan fingerprint density at radius 2 is 2.00 bits per heavy atom. The van der Waals surface area contributed by atoms with Crippen molar-refractivity contribution in [1.29, 1.82) is 0 Å². The summed E-state index contributed by atoms with van der Waals surface area (Å²) in [7, 11) is 1.19. The lowest BCUT2D eigenvalue weighted by Gasteiger charge is -2.18. The van der Waals surface area contributed by atoms with Gasteiger partial charge in [0.2, 0.25) is 0 Å². The van der Waals surface area contributed by atoms with Crippen molar-refractivity contribution in [3.8, 4) is 0 Å². The number of carbonyl (C=O) groups excluding carboxylic acids is 3. The minimum atomic E-state index is -1.03. The number of benzene rings is 1. The molecule has 1 atom stereocenters. The Bertz CT molecular complexity index is 993. The SMILES string of the molecule is COC(=O)C(C)N1C(=O)SC(=Cc2cn(CC(=O)O)c3ccccc23)C1=O. The first-order valence-electron chi connectivity index (χ1n) is 7.98. The van der Waals surface area contributed by atoms with E-state index >= 15 is 0 Å². The van der Waals surface area contributed by atoms with Crippen LogP contribution in [0.15, 0.2) is 35.4 Å². The third kappa shape index (κ3) is 3.45. The number of hydrogen-bond acceptors (Lipinski definition) is 6.